The standard InChI is InChI=1S/C14H17NO/c16-14(5-6-14)12-3-1-2-4-13(12)15-8-10-7-11(10)9-15/h1-4,10-11,16H,5-9H2. The van der Waals surface area contributed by atoms with E-state index < -0.39 is 5.60 Å². The molecule has 0 amide bonds. The maximum atomic E-state index is 10.3. The lowest BCUT2D eigenvalue weighted by atomic mass is 10.0. The summed E-state index contributed by atoms with van der Waals surface area (Å²) in [6, 6.07) is 8.42. The number of piperidine rings is 1. The molecule has 2 atom stereocenters. The van der Waals surface area contributed by atoms with Crippen LogP contribution in [0, 0.1) is 11.8 Å². The summed E-state index contributed by atoms with van der Waals surface area (Å²) in [5, 5.41) is 10.3. The number of fused-ring (bicyclic) bond motifs is 1. The smallest absolute Gasteiger partial charge is 0.0918 e. The molecule has 2 aliphatic carbocycles. The van der Waals surface area contributed by atoms with Crippen LogP contribution in [0.1, 0.15) is 24.8 Å². The Hall–Kier alpha value is -1.02. The first kappa shape index (κ1) is 9.06. The van der Waals surface area contributed by atoms with E-state index in [9.17, 15) is 5.11 Å². The van der Waals surface area contributed by atoms with Crippen LogP contribution >= 0.6 is 0 Å². The van der Waals surface area contributed by atoms with Gasteiger partial charge in [0.15, 0.2) is 0 Å². The molecule has 3 fully saturated rings. The summed E-state index contributed by atoms with van der Waals surface area (Å²) in [7, 11) is 0. The third-order valence-electron chi connectivity index (χ3n) is 4.45. The third kappa shape index (κ3) is 1.23. The Labute approximate surface area is 95.9 Å². The van der Waals surface area contributed by atoms with Gasteiger partial charge in [-0.1, -0.05) is 18.2 Å². The Kier molecular flexibility index (Phi) is 1.59. The molecule has 16 heavy (non-hydrogen) atoms. The van der Waals surface area contributed by atoms with Crippen molar-refractivity contribution in [3.05, 3.63) is 29.8 Å². The van der Waals surface area contributed by atoms with E-state index in [1.165, 1.54) is 25.2 Å². The van der Waals surface area contributed by atoms with Crippen LogP contribution in [0.2, 0.25) is 0 Å². The number of nitrogens with zero attached hydrogens (tertiary/aromatic N) is 1. The number of para-hydroxylation sites is 1. The molecule has 1 aromatic carbocycles. The number of hydrogen-bond donors (Lipinski definition) is 1. The minimum Gasteiger partial charge on any atom is -0.385 e. The van der Waals surface area contributed by atoms with E-state index in [-0.39, 0.29) is 0 Å². The van der Waals surface area contributed by atoms with Gasteiger partial charge in [0, 0.05) is 24.3 Å². The van der Waals surface area contributed by atoms with Gasteiger partial charge in [-0.3, -0.25) is 0 Å². The highest BCUT2D eigenvalue weighted by Crippen LogP contribution is 2.52. The summed E-state index contributed by atoms with van der Waals surface area (Å²) >= 11 is 0. The predicted molar refractivity (Wildman–Crippen MR) is 63.4 cm³/mol. The van der Waals surface area contributed by atoms with E-state index in [1.54, 1.807) is 0 Å². The molecule has 1 N–H and O–H groups in total. The van der Waals surface area contributed by atoms with Gasteiger partial charge in [-0.15, -0.1) is 0 Å². The molecule has 2 nitrogen and oxygen atoms in total. The molecule has 1 aliphatic heterocycles. The monoisotopic (exact) mass is 215 g/mol. The first-order valence-corrected chi connectivity index (χ1v) is 6.33. The minimum absolute atomic E-state index is 0.497. The second-order valence-corrected chi connectivity index (χ2v) is 5.71. The highest BCUT2D eigenvalue weighted by atomic mass is 16.3. The lowest BCUT2D eigenvalue weighted by molar-refractivity contribution is 0.152. The van der Waals surface area contributed by atoms with Crippen LogP contribution in [0.5, 0.6) is 0 Å². The quantitative estimate of drug-likeness (QED) is 0.817. The van der Waals surface area contributed by atoms with Gasteiger partial charge in [-0.05, 0) is 37.2 Å². The largest absolute Gasteiger partial charge is 0.385 e. The summed E-state index contributed by atoms with van der Waals surface area (Å²) in [6.07, 6.45) is 3.30. The Morgan fingerprint density at radius 1 is 1.12 bits per heavy atom. The second kappa shape index (κ2) is 2.80. The van der Waals surface area contributed by atoms with Crippen LogP contribution in [0.4, 0.5) is 5.69 Å². The van der Waals surface area contributed by atoms with Gasteiger partial charge in [0.05, 0.1) is 5.60 Å². The van der Waals surface area contributed by atoms with Crippen molar-refractivity contribution in [3.8, 4) is 0 Å². The average Bonchev–Trinajstić information content (AvgIpc) is 3.20. The van der Waals surface area contributed by atoms with Crippen molar-refractivity contribution in [1.82, 2.24) is 0 Å². The maximum absolute atomic E-state index is 10.3. The fourth-order valence-corrected chi connectivity index (χ4v) is 3.13. The minimum atomic E-state index is -0.497. The van der Waals surface area contributed by atoms with Crippen molar-refractivity contribution in [2.45, 2.75) is 24.9 Å². The maximum Gasteiger partial charge on any atom is 0.0918 e. The lowest BCUT2D eigenvalue weighted by Crippen LogP contribution is -2.24. The summed E-state index contributed by atoms with van der Waals surface area (Å²) in [6.45, 7) is 2.41. The molecule has 1 heterocycles. The third-order valence-corrected chi connectivity index (χ3v) is 4.45. The molecule has 0 spiro atoms. The van der Waals surface area contributed by atoms with Crippen LogP contribution in [0.3, 0.4) is 0 Å². The predicted octanol–water partition coefficient (Wildman–Crippen LogP) is 2.12. The Morgan fingerprint density at radius 3 is 2.50 bits per heavy atom. The van der Waals surface area contributed by atoms with Crippen molar-refractivity contribution in [3.63, 3.8) is 0 Å². The van der Waals surface area contributed by atoms with Gasteiger partial charge in [0.25, 0.3) is 0 Å². The molecular weight excluding hydrogens is 198 g/mol. The van der Waals surface area contributed by atoms with Crippen LogP contribution in [-0.2, 0) is 5.60 Å². The van der Waals surface area contributed by atoms with Crippen LogP contribution < -0.4 is 4.90 Å². The van der Waals surface area contributed by atoms with Gasteiger partial charge in [-0.25, -0.2) is 0 Å². The van der Waals surface area contributed by atoms with Crippen molar-refractivity contribution >= 4 is 5.69 Å². The van der Waals surface area contributed by atoms with E-state index in [0.717, 1.165) is 30.2 Å². The Balaban J connectivity index is 1.71. The van der Waals surface area contributed by atoms with Crippen LogP contribution in [-0.4, -0.2) is 18.2 Å². The zero-order valence-electron chi connectivity index (χ0n) is 9.39. The van der Waals surface area contributed by atoms with Gasteiger partial charge in [0.2, 0.25) is 0 Å². The number of benzene rings is 1. The number of aliphatic hydroxyl groups is 1. The summed E-state index contributed by atoms with van der Waals surface area (Å²) < 4.78 is 0. The van der Waals surface area contributed by atoms with Crippen molar-refractivity contribution in [2.75, 3.05) is 18.0 Å². The summed E-state index contributed by atoms with van der Waals surface area (Å²) in [4.78, 5) is 2.48. The van der Waals surface area contributed by atoms with E-state index in [0.29, 0.717) is 0 Å². The first-order valence-electron chi connectivity index (χ1n) is 6.33. The van der Waals surface area contributed by atoms with Gasteiger partial charge in [0.1, 0.15) is 0 Å². The highest BCUT2D eigenvalue weighted by molar-refractivity contribution is 5.58. The molecule has 4 rings (SSSR count). The van der Waals surface area contributed by atoms with E-state index >= 15 is 0 Å². The normalized spacial score (nSPS) is 33.7. The molecule has 2 saturated carbocycles. The summed E-state index contributed by atoms with van der Waals surface area (Å²) in [5.74, 6) is 1.89. The molecule has 3 aliphatic rings. The van der Waals surface area contributed by atoms with E-state index in [4.69, 9.17) is 0 Å². The van der Waals surface area contributed by atoms with Gasteiger partial charge in [-0.2, -0.15) is 0 Å². The lowest BCUT2D eigenvalue weighted by Gasteiger charge is -2.25. The molecule has 84 valence electrons. The topological polar surface area (TPSA) is 23.5 Å². The van der Waals surface area contributed by atoms with Crippen molar-refractivity contribution in [1.29, 1.82) is 0 Å². The molecular formula is C14H17NO. The number of rotatable bonds is 2. The molecule has 2 heteroatoms. The second-order valence-electron chi connectivity index (χ2n) is 5.71. The van der Waals surface area contributed by atoms with Crippen molar-refractivity contribution < 1.29 is 5.11 Å². The molecule has 1 aromatic rings. The Bertz CT molecular complexity index is 428. The zero-order chi connectivity index (χ0) is 10.8. The highest BCUT2D eigenvalue weighted by Gasteiger charge is 2.48. The molecule has 2 unspecified atom stereocenters. The number of hydrogen-bond acceptors (Lipinski definition) is 2. The van der Waals surface area contributed by atoms with Crippen molar-refractivity contribution in [2.24, 2.45) is 11.8 Å². The molecule has 0 aromatic heterocycles. The molecule has 1 saturated heterocycles. The van der Waals surface area contributed by atoms with E-state index in [2.05, 4.69) is 23.1 Å². The zero-order valence-corrected chi connectivity index (χ0v) is 9.39. The average molecular weight is 215 g/mol. The van der Waals surface area contributed by atoms with Gasteiger partial charge < -0.3 is 10.0 Å². The van der Waals surface area contributed by atoms with Crippen LogP contribution in [0.15, 0.2) is 24.3 Å². The number of anilines is 1. The summed E-state index contributed by atoms with van der Waals surface area (Å²) in [5.41, 5.74) is 1.95. The SMILES string of the molecule is OC1(c2ccccc2N2CC3CC3C2)CC1. The van der Waals surface area contributed by atoms with Gasteiger partial charge >= 0.3 is 0 Å². The Morgan fingerprint density at radius 2 is 1.81 bits per heavy atom. The fraction of sp³-hybridized carbons (Fsp3) is 0.571. The van der Waals surface area contributed by atoms with Crippen LogP contribution in [0.25, 0.3) is 0 Å². The first-order chi connectivity index (χ1) is 7.76. The molecule has 0 radical (unpaired) electrons. The molecule has 0 bridgehead atoms. The van der Waals surface area contributed by atoms with E-state index in [1.807, 2.05) is 6.07 Å². The fourth-order valence-electron chi connectivity index (χ4n) is 3.13.